The van der Waals surface area contributed by atoms with Crippen LogP contribution in [-0.2, 0) is 39.0 Å². The number of carbonyl (C=O) groups excluding carboxylic acids is 1. The third-order valence-corrected chi connectivity index (χ3v) is 12.6. The summed E-state index contributed by atoms with van der Waals surface area (Å²) in [5, 5.41) is 2.33. The number of benzene rings is 2. The molecule has 3 unspecified atom stereocenters. The first-order valence-corrected chi connectivity index (χ1v) is 23.7. The number of urea groups is 1. The van der Waals surface area contributed by atoms with Gasteiger partial charge in [0.05, 0.1) is 25.9 Å². The highest BCUT2D eigenvalue weighted by Crippen LogP contribution is 2.56. The van der Waals surface area contributed by atoms with Crippen LogP contribution < -0.4 is 11.1 Å². The van der Waals surface area contributed by atoms with E-state index in [0.717, 1.165) is 46.8 Å². The van der Waals surface area contributed by atoms with Crippen molar-refractivity contribution in [3.05, 3.63) is 83.8 Å². The summed E-state index contributed by atoms with van der Waals surface area (Å²) < 4.78 is 64.7. The Labute approximate surface area is 344 Å². The third kappa shape index (κ3) is 18.6. The van der Waals surface area contributed by atoms with Crippen LogP contribution >= 0.6 is 19.6 Å². The van der Waals surface area contributed by atoms with E-state index in [9.17, 15) is 13.8 Å². The van der Waals surface area contributed by atoms with Gasteiger partial charge in [0, 0.05) is 18.6 Å². The standard InChI is InChI=1S/C43H67FN3O8PS/c1-3-4-5-6-7-8-9-10-11-12-13-14-15-16-17-24-29-50-32-38(51-31-36-25-20-18-21-26-36)33-52-56(49,54-35(2)37-27-22-19-23-28-37)55-43-53-40(34-57-43)47-30-39(44)41(45)46-42(47)48/h18-23,25-28,30,35,38,40-41,43H,3-17,24,29,31-34,45H2,1-2H3,(H,46,48)/t35?,38-,40-,41?,43+,56?/m1/s1. The molecule has 2 amide bonds. The molecule has 1 fully saturated rings. The molecular weight excluding hydrogens is 769 g/mol. The molecule has 0 aliphatic carbocycles. The van der Waals surface area contributed by atoms with Crippen LogP contribution in [0.1, 0.15) is 134 Å². The highest BCUT2D eigenvalue weighted by molar-refractivity contribution is 8.00. The van der Waals surface area contributed by atoms with Crippen molar-refractivity contribution >= 4 is 25.6 Å². The number of halogens is 1. The maximum Gasteiger partial charge on any atom is 0.478 e. The molecule has 0 spiro atoms. The average molecular weight is 836 g/mol. The number of rotatable bonds is 31. The lowest BCUT2D eigenvalue weighted by Crippen LogP contribution is -2.54. The fraction of sp³-hybridized carbons (Fsp3) is 0.651. The van der Waals surface area contributed by atoms with Crippen LogP contribution in [0.5, 0.6) is 0 Å². The van der Waals surface area contributed by atoms with Crippen molar-refractivity contribution in [1.82, 2.24) is 10.2 Å². The topological polar surface area (TPSA) is 131 Å². The van der Waals surface area contributed by atoms with E-state index in [1.54, 1.807) is 6.92 Å². The fourth-order valence-electron chi connectivity index (χ4n) is 6.57. The van der Waals surface area contributed by atoms with Gasteiger partial charge in [0.1, 0.15) is 12.3 Å². The summed E-state index contributed by atoms with van der Waals surface area (Å²) in [5.74, 6) is -0.512. The number of thioether (sulfide) groups is 1. The van der Waals surface area contributed by atoms with Crippen molar-refractivity contribution in [3.8, 4) is 0 Å². The number of unbranched alkanes of at least 4 members (excludes halogenated alkanes) is 15. The third-order valence-electron chi connectivity index (χ3n) is 9.99. The zero-order valence-electron chi connectivity index (χ0n) is 34.1. The minimum Gasteiger partial charge on any atom is -0.379 e. The van der Waals surface area contributed by atoms with Gasteiger partial charge in [-0.3, -0.25) is 13.9 Å². The molecule has 4 rings (SSSR count). The van der Waals surface area contributed by atoms with Crippen molar-refractivity contribution in [1.29, 1.82) is 0 Å². The number of nitrogens with zero attached hydrogens (tertiary/aromatic N) is 1. The van der Waals surface area contributed by atoms with Crippen LogP contribution in [0.25, 0.3) is 0 Å². The molecule has 3 N–H and O–H groups in total. The molecule has 6 atom stereocenters. The van der Waals surface area contributed by atoms with Gasteiger partial charge < -0.3 is 25.3 Å². The molecule has 2 heterocycles. The number of phosphoric ester groups is 1. The van der Waals surface area contributed by atoms with Gasteiger partial charge in [-0.1, -0.05) is 176 Å². The number of amides is 2. The number of hydrogen-bond donors (Lipinski definition) is 2. The van der Waals surface area contributed by atoms with Crippen molar-refractivity contribution in [3.63, 3.8) is 0 Å². The summed E-state index contributed by atoms with van der Waals surface area (Å²) in [7, 11) is -4.33. The van der Waals surface area contributed by atoms with Crippen LogP contribution in [0.4, 0.5) is 9.18 Å². The second-order valence-electron chi connectivity index (χ2n) is 14.9. The van der Waals surface area contributed by atoms with E-state index in [1.165, 1.54) is 89.9 Å². The molecule has 0 aromatic heterocycles. The van der Waals surface area contributed by atoms with E-state index in [4.69, 9.17) is 33.5 Å². The zero-order chi connectivity index (χ0) is 40.6. The van der Waals surface area contributed by atoms with E-state index in [0.29, 0.717) is 13.2 Å². The minimum atomic E-state index is -4.33. The number of nitrogens with two attached hydrogens (primary N) is 1. The first kappa shape index (κ1) is 47.4. The van der Waals surface area contributed by atoms with E-state index < -0.39 is 49.9 Å². The zero-order valence-corrected chi connectivity index (χ0v) is 35.8. The minimum absolute atomic E-state index is 0.147. The van der Waals surface area contributed by atoms with Gasteiger partial charge in [0.2, 0.25) is 5.62 Å². The van der Waals surface area contributed by atoms with Crippen molar-refractivity contribution in [2.45, 2.75) is 153 Å². The predicted molar refractivity (Wildman–Crippen MR) is 225 cm³/mol. The number of ether oxygens (including phenoxy) is 3. The Morgan fingerprint density at radius 2 is 1.46 bits per heavy atom. The fourth-order valence-corrected chi connectivity index (χ4v) is 9.19. The average Bonchev–Trinajstić information content (AvgIpc) is 3.67. The molecule has 2 aromatic carbocycles. The molecule has 0 saturated carbocycles. The first-order chi connectivity index (χ1) is 27.8. The van der Waals surface area contributed by atoms with Gasteiger partial charge in [0.25, 0.3) is 0 Å². The summed E-state index contributed by atoms with van der Waals surface area (Å²) in [6.45, 7) is 4.98. The molecule has 320 valence electrons. The van der Waals surface area contributed by atoms with E-state index >= 15 is 0 Å². The largest absolute Gasteiger partial charge is 0.478 e. The molecule has 2 aliphatic rings. The monoisotopic (exact) mass is 835 g/mol. The lowest BCUT2D eigenvalue weighted by molar-refractivity contribution is -0.100. The molecule has 1 saturated heterocycles. The van der Waals surface area contributed by atoms with Crippen LogP contribution in [0.15, 0.2) is 72.7 Å². The quantitative estimate of drug-likeness (QED) is 0.0559. The number of phosphoric acid groups is 1. The Morgan fingerprint density at radius 3 is 2.07 bits per heavy atom. The van der Waals surface area contributed by atoms with Gasteiger partial charge in [-0.2, -0.15) is 0 Å². The molecule has 14 heteroatoms. The maximum atomic E-state index is 14.4. The van der Waals surface area contributed by atoms with Crippen LogP contribution in [0, 0.1) is 0 Å². The molecule has 11 nitrogen and oxygen atoms in total. The Balaban J connectivity index is 1.23. The van der Waals surface area contributed by atoms with Gasteiger partial charge in [0.15, 0.2) is 12.1 Å². The summed E-state index contributed by atoms with van der Waals surface area (Å²) in [6, 6.07) is 18.4. The van der Waals surface area contributed by atoms with Gasteiger partial charge >= 0.3 is 13.9 Å². The molecule has 0 bridgehead atoms. The maximum absolute atomic E-state index is 14.4. The Hall–Kier alpha value is -2.32. The highest BCUT2D eigenvalue weighted by Gasteiger charge is 2.42. The van der Waals surface area contributed by atoms with E-state index in [2.05, 4.69) is 12.2 Å². The predicted octanol–water partition coefficient (Wildman–Crippen LogP) is 11.3. The second kappa shape index (κ2) is 27.4. The number of carbonyl (C=O) groups is 1. The highest BCUT2D eigenvalue weighted by atomic mass is 32.2. The molecule has 57 heavy (non-hydrogen) atoms. The van der Waals surface area contributed by atoms with Gasteiger partial charge in [-0.25, -0.2) is 18.3 Å². The van der Waals surface area contributed by atoms with Crippen LogP contribution in [-0.4, -0.2) is 60.6 Å². The van der Waals surface area contributed by atoms with E-state index in [-0.39, 0.29) is 19.0 Å². The van der Waals surface area contributed by atoms with Crippen molar-refractivity contribution < 1.29 is 41.5 Å². The van der Waals surface area contributed by atoms with Gasteiger partial charge in [-0.15, -0.1) is 0 Å². The Kier molecular flexibility index (Phi) is 22.8. The molecule has 0 radical (unpaired) electrons. The normalized spacial score (nSPS) is 20.6. The lowest BCUT2D eigenvalue weighted by atomic mass is 10.0. The van der Waals surface area contributed by atoms with Crippen LogP contribution in [0.3, 0.4) is 0 Å². The first-order valence-electron chi connectivity index (χ1n) is 21.1. The number of hydrogen-bond acceptors (Lipinski definition) is 10. The summed E-state index contributed by atoms with van der Waals surface area (Å²) in [4.78, 5) is 13.6. The van der Waals surface area contributed by atoms with E-state index in [1.807, 2.05) is 60.7 Å². The summed E-state index contributed by atoms with van der Waals surface area (Å²) in [5.41, 5.74) is 6.19. The summed E-state index contributed by atoms with van der Waals surface area (Å²) >= 11 is 1.14. The van der Waals surface area contributed by atoms with Crippen molar-refractivity contribution in [2.24, 2.45) is 5.73 Å². The smallest absolute Gasteiger partial charge is 0.379 e. The molecule has 2 aliphatic heterocycles. The summed E-state index contributed by atoms with van der Waals surface area (Å²) in [6.07, 6.45) is 18.5. The van der Waals surface area contributed by atoms with Crippen LogP contribution in [0.2, 0.25) is 0 Å². The second-order valence-corrected chi connectivity index (χ2v) is 17.5. The molecular formula is C43H67FN3O8PS. The van der Waals surface area contributed by atoms with Gasteiger partial charge in [-0.05, 0) is 24.5 Å². The lowest BCUT2D eigenvalue weighted by Gasteiger charge is -2.31. The number of nitrogens with one attached hydrogen (secondary N) is 1. The Bertz CT molecular complexity index is 1460. The SMILES string of the molecule is CCCCCCCCCCCCCCCCCCOC[C@H](COP(=O)(OC(C)c1ccccc1)O[C@@H]1O[C@@H](N2C=C(F)C(N)NC2=O)CS1)OCc1ccccc1. The van der Waals surface area contributed by atoms with Crippen molar-refractivity contribution in [2.75, 3.05) is 25.6 Å². The Morgan fingerprint density at radius 1 is 0.877 bits per heavy atom. The molecule has 2 aromatic rings.